The Hall–Kier alpha value is -2.45. The number of likely N-dealkylation sites (N-methyl/N-ethyl adjacent to an activating group) is 2. The van der Waals surface area contributed by atoms with Crippen LogP contribution in [0.3, 0.4) is 0 Å². The van der Waals surface area contributed by atoms with Crippen LogP contribution in [0.1, 0.15) is 19.2 Å². The van der Waals surface area contributed by atoms with E-state index in [4.69, 9.17) is 9.90 Å². The van der Waals surface area contributed by atoms with Crippen LogP contribution in [0.5, 0.6) is 0 Å². The number of para-hydroxylation sites is 2. The van der Waals surface area contributed by atoms with E-state index in [1.165, 1.54) is 0 Å². The zero-order chi connectivity index (χ0) is 20.4. The second-order valence-corrected chi connectivity index (χ2v) is 6.96. The van der Waals surface area contributed by atoms with Crippen molar-refractivity contribution in [3.05, 3.63) is 30.1 Å². The van der Waals surface area contributed by atoms with Crippen LogP contribution in [0.15, 0.2) is 24.3 Å². The molecular weight excluding hydrogens is 358 g/mol. The molecule has 0 bridgehead atoms. The first-order valence-electron chi connectivity index (χ1n) is 9.77. The smallest absolute Gasteiger partial charge is 0.290 e. The Morgan fingerprint density at radius 3 is 2.75 bits per heavy atom. The summed E-state index contributed by atoms with van der Waals surface area (Å²) in [6.07, 6.45) is 1.89. The highest BCUT2D eigenvalue weighted by Crippen LogP contribution is 2.11. The molecule has 0 radical (unpaired) electrons. The Labute approximate surface area is 166 Å². The van der Waals surface area contributed by atoms with Crippen LogP contribution in [0.25, 0.3) is 11.0 Å². The highest BCUT2D eigenvalue weighted by atomic mass is 16.3. The number of nitrogens with one attached hydrogen (secondary N) is 1. The van der Waals surface area contributed by atoms with Gasteiger partial charge in [0, 0.05) is 32.6 Å². The lowest BCUT2D eigenvalue weighted by Gasteiger charge is -2.25. The van der Waals surface area contributed by atoms with Crippen LogP contribution in [0.4, 0.5) is 0 Å². The predicted molar refractivity (Wildman–Crippen MR) is 109 cm³/mol. The summed E-state index contributed by atoms with van der Waals surface area (Å²) in [5.74, 6) is 1.17. The predicted octanol–water partition coefficient (Wildman–Crippen LogP) is 1.29. The second-order valence-electron chi connectivity index (χ2n) is 6.96. The fourth-order valence-corrected chi connectivity index (χ4v) is 3.37. The van der Waals surface area contributed by atoms with E-state index >= 15 is 0 Å². The lowest BCUT2D eigenvalue weighted by atomic mass is 10.3. The van der Waals surface area contributed by atoms with Crippen LogP contribution < -0.4 is 0 Å². The zero-order valence-corrected chi connectivity index (χ0v) is 16.8. The lowest BCUT2D eigenvalue weighted by molar-refractivity contribution is -0.132. The molecule has 1 saturated heterocycles. The minimum atomic E-state index is -0.250. The van der Waals surface area contributed by atoms with Crippen molar-refractivity contribution in [1.82, 2.24) is 24.7 Å². The molecule has 8 heteroatoms. The van der Waals surface area contributed by atoms with Gasteiger partial charge in [-0.25, -0.2) is 4.98 Å². The Morgan fingerprint density at radius 1 is 1.29 bits per heavy atom. The monoisotopic (exact) mass is 389 g/mol. The number of aromatic amines is 1. The third kappa shape index (κ3) is 6.61. The second kappa shape index (κ2) is 11.4. The van der Waals surface area contributed by atoms with E-state index in [1.807, 2.05) is 36.1 Å². The maximum absolute atomic E-state index is 12.7. The van der Waals surface area contributed by atoms with Crippen molar-refractivity contribution in [3.63, 3.8) is 0 Å². The van der Waals surface area contributed by atoms with Crippen molar-refractivity contribution in [2.75, 3.05) is 52.9 Å². The molecule has 1 aliphatic heterocycles. The number of carboxylic acid groups (broad SMARTS) is 1. The summed E-state index contributed by atoms with van der Waals surface area (Å²) >= 11 is 0. The van der Waals surface area contributed by atoms with Crippen LogP contribution in [-0.4, -0.2) is 95.0 Å². The van der Waals surface area contributed by atoms with Gasteiger partial charge in [0.2, 0.25) is 5.91 Å². The van der Waals surface area contributed by atoms with Gasteiger partial charge in [-0.15, -0.1) is 0 Å². The number of hydrogen-bond acceptors (Lipinski definition) is 5. The summed E-state index contributed by atoms with van der Waals surface area (Å²) in [6, 6.07) is 8.04. The van der Waals surface area contributed by atoms with Gasteiger partial charge in [0.15, 0.2) is 0 Å². The van der Waals surface area contributed by atoms with E-state index < -0.39 is 0 Å². The molecular formula is C20H31N5O3. The number of carbonyl (C=O) groups is 2. The lowest BCUT2D eigenvalue weighted by Crippen LogP contribution is -2.42. The van der Waals surface area contributed by atoms with Gasteiger partial charge < -0.3 is 19.9 Å². The third-order valence-corrected chi connectivity index (χ3v) is 4.96. The first-order valence-corrected chi connectivity index (χ1v) is 9.77. The van der Waals surface area contributed by atoms with Gasteiger partial charge in [0.05, 0.1) is 17.6 Å². The molecule has 0 aliphatic carbocycles. The number of benzene rings is 1. The van der Waals surface area contributed by atoms with Gasteiger partial charge >= 0.3 is 0 Å². The van der Waals surface area contributed by atoms with E-state index in [1.54, 1.807) is 0 Å². The van der Waals surface area contributed by atoms with E-state index in [2.05, 4.69) is 26.8 Å². The SMILES string of the molecule is CCN(CCc1nc2ccccc2[nH]1)C(=O)CN1CCCN(C)CC1.O=CO. The van der Waals surface area contributed by atoms with Gasteiger partial charge in [0.25, 0.3) is 6.47 Å². The number of H-pyrrole nitrogens is 1. The molecule has 2 N–H and O–H groups in total. The summed E-state index contributed by atoms with van der Waals surface area (Å²) in [6.45, 7) is 7.93. The van der Waals surface area contributed by atoms with Gasteiger partial charge in [-0.1, -0.05) is 12.1 Å². The summed E-state index contributed by atoms with van der Waals surface area (Å²) < 4.78 is 0. The molecule has 1 fully saturated rings. The van der Waals surface area contributed by atoms with Crippen LogP contribution in [0.2, 0.25) is 0 Å². The van der Waals surface area contributed by atoms with Gasteiger partial charge in [0.1, 0.15) is 5.82 Å². The topological polar surface area (TPSA) is 92.8 Å². The molecule has 1 aliphatic rings. The molecule has 0 atom stereocenters. The summed E-state index contributed by atoms with van der Waals surface area (Å²) in [4.78, 5) is 35.6. The molecule has 8 nitrogen and oxygen atoms in total. The number of rotatable bonds is 6. The number of nitrogens with zero attached hydrogens (tertiary/aromatic N) is 4. The van der Waals surface area contributed by atoms with Crippen molar-refractivity contribution in [2.24, 2.45) is 0 Å². The van der Waals surface area contributed by atoms with E-state index in [0.29, 0.717) is 13.1 Å². The van der Waals surface area contributed by atoms with Gasteiger partial charge in [-0.2, -0.15) is 0 Å². The average molecular weight is 390 g/mol. The van der Waals surface area contributed by atoms with Crippen molar-refractivity contribution < 1.29 is 14.7 Å². The molecule has 1 amide bonds. The van der Waals surface area contributed by atoms with E-state index in [-0.39, 0.29) is 12.4 Å². The Balaban J connectivity index is 0.000000878. The Morgan fingerprint density at radius 2 is 2.04 bits per heavy atom. The maximum atomic E-state index is 12.7. The van der Waals surface area contributed by atoms with Crippen molar-refractivity contribution in [2.45, 2.75) is 19.8 Å². The number of fused-ring (bicyclic) bond motifs is 1. The molecule has 0 spiro atoms. The van der Waals surface area contributed by atoms with Crippen LogP contribution in [0, 0.1) is 0 Å². The van der Waals surface area contributed by atoms with Gasteiger partial charge in [-0.05, 0) is 45.6 Å². The molecule has 154 valence electrons. The molecule has 0 unspecified atom stereocenters. The number of amides is 1. The first-order chi connectivity index (χ1) is 13.6. The molecule has 2 aromatic rings. The summed E-state index contributed by atoms with van der Waals surface area (Å²) in [5.41, 5.74) is 2.04. The Kier molecular flexibility index (Phi) is 8.90. The average Bonchev–Trinajstić information content (AvgIpc) is 2.99. The number of imidazole rings is 1. The van der Waals surface area contributed by atoms with Crippen molar-refractivity contribution in [1.29, 1.82) is 0 Å². The number of carbonyl (C=O) groups excluding carboxylic acids is 1. The van der Waals surface area contributed by atoms with Crippen molar-refractivity contribution >= 4 is 23.4 Å². The molecule has 1 aromatic heterocycles. The first kappa shape index (κ1) is 21.8. The Bertz CT molecular complexity index is 715. The van der Waals surface area contributed by atoms with Crippen LogP contribution in [-0.2, 0) is 16.0 Å². The zero-order valence-electron chi connectivity index (χ0n) is 16.8. The molecule has 0 saturated carbocycles. The number of aromatic nitrogens is 2. The normalized spacial score (nSPS) is 15.5. The molecule has 28 heavy (non-hydrogen) atoms. The standard InChI is InChI=1S/C19H29N5O.CH2O2/c1-3-24(19(25)15-23-11-6-10-22(2)13-14-23)12-9-18-20-16-7-4-5-8-17(16)21-18;2-1-3/h4-5,7-8H,3,6,9-15H2,1-2H3,(H,20,21);1H,(H,2,3). The fraction of sp³-hybridized carbons (Fsp3) is 0.550. The fourth-order valence-electron chi connectivity index (χ4n) is 3.37. The third-order valence-electron chi connectivity index (χ3n) is 4.96. The van der Waals surface area contributed by atoms with E-state index in [9.17, 15) is 4.79 Å². The van der Waals surface area contributed by atoms with Gasteiger partial charge in [-0.3, -0.25) is 14.5 Å². The quantitative estimate of drug-likeness (QED) is 0.724. The summed E-state index contributed by atoms with van der Waals surface area (Å²) in [5, 5.41) is 6.89. The molecule has 1 aromatic carbocycles. The van der Waals surface area contributed by atoms with Crippen LogP contribution >= 0.6 is 0 Å². The molecule has 2 heterocycles. The highest BCUT2D eigenvalue weighted by Gasteiger charge is 2.18. The largest absolute Gasteiger partial charge is 0.483 e. The molecule has 3 rings (SSSR count). The number of hydrogen-bond donors (Lipinski definition) is 2. The summed E-state index contributed by atoms with van der Waals surface area (Å²) in [7, 11) is 2.15. The maximum Gasteiger partial charge on any atom is 0.290 e. The highest BCUT2D eigenvalue weighted by molar-refractivity contribution is 5.78. The van der Waals surface area contributed by atoms with Crippen molar-refractivity contribution in [3.8, 4) is 0 Å². The van der Waals surface area contributed by atoms with E-state index in [0.717, 1.165) is 62.4 Å². The minimum Gasteiger partial charge on any atom is -0.483 e. The minimum absolute atomic E-state index is 0.225.